The summed E-state index contributed by atoms with van der Waals surface area (Å²) < 4.78 is 0. The molecule has 0 aliphatic heterocycles. The standard InChI is InChI=1S/C17H22N4O2/c1-3-8-16(22)18-13(4-2)17(23)19-15-11-14(20-21-15)12-9-6-5-7-10-12/h5-7,9-11,13H,3-4,8H2,1-2H3,(H,18,22)(H2,19,20,21,23). The number of H-pyrrole nitrogens is 1. The van der Waals surface area contributed by atoms with Gasteiger partial charge in [0.1, 0.15) is 11.9 Å². The summed E-state index contributed by atoms with van der Waals surface area (Å²) in [6.07, 6.45) is 1.71. The Balaban J connectivity index is 1.99. The molecular formula is C17H22N4O2. The second kappa shape index (κ2) is 8.12. The summed E-state index contributed by atoms with van der Waals surface area (Å²) in [6, 6.07) is 10.9. The molecule has 2 aromatic rings. The quantitative estimate of drug-likeness (QED) is 0.734. The van der Waals surface area contributed by atoms with Gasteiger partial charge in [0.25, 0.3) is 0 Å². The van der Waals surface area contributed by atoms with Crippen molar-refractivity contribution in [2.75, 3.05) is 5.32 Å². The predicted octanol–water partition coefficient (Wildman–Crippen LogP) is 2.71. The maximum absolute atomic E-state index is 12.3. The van der Waals surface area contributed by atoms with E-state index in [0.717, 1.165) is 17.7 Å². The van der Waals surface area contributed by atoms with Crippen LogP contribution in [0.4, 0.5) is 5.82 Å². The molecule has 0 saturated carbocycles. The van der Waals surface area contributed by atoms with Crippen molar-refractivity contribution in [1.82, 2.24) is 15.5 Å². The van der Waals surface area contributed by atoms with Crippen LogP contribution in [0.1, 0.15) is 33.1 Å². The smallest absolute Gasteiger partial charge is 0.248 e. The Hall–Kier alpha value is -2.63. The first-order chi connectivity index (χ1) is 11.1. The maximum Gasteiger partial charge on any atom is 0.248 e. The monoisotopic (exact) mass is 314 g/mol. The topological polar surface area (TPSA) is 86.9 Å². The average molecular weight is 314 g/mol. The molecule has 0 spiro atoms. The summed E-state index contributed by atoms with van der Waals surface area (Å²) in [5.74, 6) is 0.154. The number of nitrogens with one attached hydrogen (secondary N) is 3. The highest BCUT2D eigenvalue weighted by Crippen LogP contribution is 2.19. The van der Waals surface area contributed by atoms with Gasteiger partial charge in [-0.05, 0) is 12.8 Å². The molecule has 0 aliphatic carbocycles. The third kappa shape index (κ3) is 4.67. The average Bonchev–Trinajstić information content (AvgIpc) is 3.02. The van der Waals surface area contributed by atoms with Crippen LogP contribution in [0.15, 0.2) is 36.4 Å². The van der Waals surface area contributed by atoms with E-state index in [-0.39, 0.29) is 11.8 Å². The SMILES string of the molecule is CCCC(=O)NC(CC)C(=O)Nc1cc(-c2ccccc2)n[nH]1. The summed E-state index contributed by atoms with van der Waals surface area (Å²) in [7, 11) is 0. The molecule has 6 nitrogen and oxygen atoms in total. The summed E-state index contributed by atoms with van der Waals surface area (Å²) in [5, 5.41) is 12.5. The molecule has 0 fully saturated rings. The molecule has 0 bridgehead atoms. The largest absolute Gasteiger partial charge is 0.344 e. The van der Waals surface area contributed by atoms with Crippen molar-refractivity contribution < 1.29 is 9.59 Å². The summed E-state index contributed by atoms with van der Waals surface area (Å²) in [5.41, 5.74) is 1.72. The molecule has 1 atom stereocenters. The maximum atomic E-state index is 12.3. The van der Waals surface area contributed by atoms with Crippen LogP contribution in [-0.2, 0) is 9.59 Å². The Bertz CT molecular complexity index is 652. The van der Waals surface area contributed by atoms with Crippen molar-refractivity contribution in [3.05, 3.63) is 36.4 Å². The van der Waals surface area contributed by atoms with Crippen LogP contribution in [0.25, 0.3) is 11.3 Å². The van der Waals surface area contributed by atoms with Crippen molar-refractivity contribution in [3.8, 4) is 11.3 Å². The van der Waals surface area contributed by atoms with Crippen LogP contribution in [0.2, 0.25) is 0 Å². The molecule has 2 amide bonds. The minimum absolute atomic E-state index is 0.107. The second-order valence-electron chi connectivity index (χ2n) is 5.30. The van der Waals surface area contributed by atoms with Gasteiger partial charge in [0, 0.05) is 18.1 Å². The number of carbonyl (C=O) groups excluding carboxylic acids is 2. The second-order valence-corrected chi connectivity index (χ2v) is 5.30. The molecule has 0 radical (unpaired) electrons. The summed E-state index contributed by atoms with van der Waals surface area (Å²) in [6.45, 7) is 3.79. The van der Waals surface area contributed by atoms with Gasteiger partial charge in [-0.1, -0.05) is 44.2 Å². The van der Waals surface area contributed by atoms with Crippen molar-refractivity contribution in [2.24, 2.45) is 0 Å². The lowest BCUT2D eigenvalue weighted by molar-refractivity contribution is -0.126. The van der Waals surface area contributed by atoms with Gasteiger partial charge < -0.3 is 10.6 Å². The Morgan fingerprint density at radius 3 is 2.61 bits per heavy atom. The Morgan fingerprint density at radius 2 is 1.96 bits per heavy atom. The van der Waals surface area contributed by atoms with E-state index in [4.69, 9.17) is 0 Å². The fourth-order valence-corrected chi connectivity index (χ4v) is 2.21. The third-order valence-electron chi connectivity index (χ3n) is 3.44. The lowest BCUT2D eigenvalue weighted by Gasteiger charge is -2.15. The van der Waals surface area contributed by atoms with E-state index in [1.807, 2.05) is 44.2 Å². The van der Waals surface area contributed by atoms with Crippen LogP contribution in [0, 0.1) is 0 Å². The van der Waals surface area contributed by atoms with Gasteiger partial charge in [0.15, 0.2) is 0 Å². The van der Waals surface area contributed by atoms with E-state index in [9.17, 15) is 9.59 Å². The number of aromatic amines is 1. The van der Waals surface area contributed by atoms with Gasteiger partial charge in [0.05, 0.1) is 5.69 Å². The number of nitrogens with zero attached hydrogens (tertiary/aromatic N) is 1. The molecule has 1 aromatic carbocycles. The number of anilines is 1. The highest BCUT2D eigenvalue weighted by atomic mass is 16.2. The fraction of sp³-hybridized carbons (Fsp3) is 0.353. The number of hydrogen-bond acceptors (Lipinski definition) is 3. The van der Waals surface area contributed by atoms with Gasteiger partial charge in [0.2, 0.25) is 11.8 Å². The van der Waals surface area contributed by atoms with Crippen molar-refractivity contribution in [2.45, 2.75) is 39.2 Å². The van der Waals surface area contributed by atoms with Crippen LogP contribution in [0.3, 0.4) is 0 Å². The molecule has 2 rings (SSSR count). The molecule has 0 saturated heterocycles. The first-order valence-electron chi connectivity index (χ1n) is 7.85. The van der Waals surface area contributed by atoms with Crippen LogP contribution in [0.5, 0.6) is 0 Å². The molecule has 1 unspecified atom stereocenters. The van der Waals surface area contributed by atoms with Gasteiger partial charge in [-0.2, -0.15) is 5.10 Å². The lowest BCUT2D eigenvalue weighted by atomic mass is 10.1. The number of benzene rings is 1. The minimum atomic E-state index is -0.544. The van der Waals surface area contributed by atoms with Crippen LogP contribution in [-0.4, -0.2) is 28.1 Å². The summed E-state index contributed by atoms with van der Waals surface area (Å²) >= 11 is 0. The first-order valence-corrected chi connectivity index (χ1v) is 7.85. The number of hydrogen-bond donors (Lipinski definition) is 3. The third-order valence-corrected chi connectivity index (χ3v) is 3.44. The van der Waals surface area contributed by atoms with Crippen LogP contribution >= 0.6 is 0 Å². The Labute approximate surface area is 135 Å². The molecule has 23 heavy (non-hydrogen) atoms. The molecule has 1 aromatic heterocycles. The number of aromatic nitrogens is 2. The fourth-order valence-electron chi connectivity index (χ4n) is 2.21. The molecule has 6 heteroatoms. The Morgan fingerprint density at radius 1 is 1.22 bits per heavy atom. The van der Waals surface area contributed by atoms with E-state index in [1.165, 1.54) is 0 Å². The highest BCUT2D eigenvalue weighted by molar-refractivity contribution is 5.96. The van der Waals surface area contributed by atoms with Gasteiger partial charge in [-0.3, -0.25) is 14.7 Å². The van der Waals surface area contributed by atoms with E-state index < -0.39 is 6.04 Å². The number of amides is 2. The van der Waals surface area contributed by atoms with Crippen molar-refractivity contribution in [3.63, 3.8) is 0 Å². The van der Waals surface area contributed by atoms with E-state index >= 15 is 0 Å². The lowest BCUT2D eigenvalue weighted by Crippen LogP contribution is -2.43. The van der Waals surface area contributed by atoms with E-state index in [0.29, 0.717) is 18.7 Å². The van der Waals surface area contributed by atoms with Gasteiger partial charge in [-0.15, -0.1) is 0 Å². The van der Waals surface area contributed by atoms with Crippen molar-refractivity contribution >= 4 is 17.6 Å². The van der Waals surface area contributed by atoms with Crippen LogP contribution < -0.4 is 10.6 Å². The zero-order valence-electron chi connectivity index (χ0n) is 13.4. The van der Waals surface area contributed by atoms with Crippen molar-refractivity contribution in [1.29, 1.82) is 0 Å². The van der Waals surface area contributed by atoms with Gasteiger partial charge in [-0.25, -0.2) is 0 Å². The van der Waals surface area contributed by atoms with Gasteiger partial charge >= 0.3 is 0 Å². The van der Waals surface area contributed by atoms with E-state index in [1.54, 1.807) is 6.07 Å². The molecule has 1 heterocycles. The zero-order valence-corrected chi connectivity index (χ0v) is 13.4. The normalized spacial score (nSPS) is 11.7. The van der Waals surface area contributed by atoms with E-state index in [2.05, 4.69) is 20.8 Å². The molecule has 122 valence electrons. The zero-order chi connectivity index (χ0) is 16.7. The minimum Gasteiger partial charge on any atom is -0.344 e. The summed E-state index contributed by atoms with van der Waals surface area (Å²) in [4.78, 5) is 23.9. The molecular weight excluding hydrogens is 292 g/mol. The Kier molecular flexibility index (Phi) is 5.91. The predicted molar refractivity (Wildman–Crippen MR) is 89.8 cm³/mol. The number of rotatable bonds is 7. The first kappa shape index (κ1) is 16.7. The molecule has 3 N–H and O–H groups in total. The molecule has 0 aliphatic rings. The highest BCUT2D eigenvalue weighted by Gasteiger charge is 2.19. The number of carbonyl (C=O) groups is 2.